The molecule has 2 N–H and O–H groups in total. The van der Waals surface area contributed by atoms with E-state index in [0.717, 1.165) is 6.54 Å². The first-order chi connectivity index (χ1) is 2.81. The average Bonchev–Trinajstić information content (AvgIpc) is 1.65. The second-order valence-electron chi connectivity index (χ2n) is 1.28. The molecule has 0 amide bonds. The van der Waals surface area contributed by atoms with E-state index in [2.05, 4.69) is 13.2 Å². The monoisotopic (exact) mass is 141 g/mol. The molecule has 0 aliphatic heterocycles. The third kappa shape index (κ3) is 6.60. The van der Waals surface area contributed by atoms with Crippen molar-refractivity contribution in [3.05, 3.63) is 0 Å². The summed E-state index contributed by atoms with van der Waals surface area (Å²) in [7, 11) is 0. The Morgan fingerprint density at radius 1 is 1.71 bits per heavy atom. The fourth-order valence-corrected chi connectivity index (χ4v) is 0.289. The van der Waals surface area contributed by atoms with Crippen molar-refractivity contribution >= 4 is 24.2 Å². The van der Waals surface area contributed by atoms with Gasteiger partial charge in [0.15, 0.2) is 0 Å². The topological polar surface area (TPSA) is 26.0 Å². The molecular weight excluding hydrogens is 130 g/mol. The first-order valence-corrected chi connectivity index (χ1v) is 3.33. The quantitative estimate of drug-likeness (QED) is 0.624. The van der Waals surface area contributed by atoms with Crippen LogP contribution in [-0.2, 0) is 0 Å². The van der Waals surface area contributed by atoms with E-state index in [1.165, 1.54) is 0 Å². The average molecular weight is 142 g/mol. The van der Waals surface area contributed by atoms with E-state index in [4.69, 9.17) is 5.73 Å². The molecule has 1 nitrogen and oxygen atoms in total. The zero-order chi connectivity index (χ0) is 4.99. The zero-order valence-electron chi connectivity index (χ0n) is 4.68. The number of rotatable bonds is 2. The number of nitrogens with two attached hydrogens (primary N) is 1. The summed E-state index contributed by atoms with van der Waals surface area (Å²) >= 11 is 1.80. The highest BCUT2D eigenvalue weighted by molar-refractivity contribution is 7.99. The fraction of sp³-hybridized carbons (Fsp3) is 1.00. The molecule has 0 aliphatic rings. The van der Waals surface area contributed by atoms with E-state index in [1.54, 1.807) is 11.8 Å². The van der Waals surface area contributed by atoms with Gasteiger partial charge in [0.1, 0.15) is 0 Å². The minimum atomic E-state index is 0. The predicted molar refractivity (Wildman–Crippen MR) is 39.3 cm³/mol. The van der Waals surface area contributed by atoms with Crippen molar-refractivity contribution in [2.24, 2.45) is 5.73 Å². The van der Waals surface area contributed by atoms with Gasteiger partial charge in [-0.15, -0.1) is 12.4 Å². The highest BCUT2D eigenvalue weighted by Gasteiger charge is 1.89. The van der Waals surface area contributed by atoms with Crippen LogP contribution in [0.5, 0.6) is 0 Å². The largest absolute Gasteiger partial charge is 0.329 e. The van der Waals surface area contributed by atoms with Gasteiger partial charge in [-0.1, -0.05) is 6.92 Å². The van der Waals surface area contributed by atoms with Crippen LogP contribution in [0.1, 0.15) is 6.92 Å². The molecule has 0 saturated carbocycles. The van der Waals surface area contributed by atoms with Crippen LogP contribution in [0.25, 0.3) is 0 Å². The summed E-state index contributed by atoms with van der Waals surface area (Å²) in [5.74, 6) is 0. The first-order valence-electron chi connectivity index (χ1n) is 2.04. The van der Waals surface area contributed by atoms with Crippen molar-refractivity contribution in [2.75, 3.05) is 12.8 Å². The Bertz CT molecular complexity index is 30.9. The zero-order valence-corrected chi connectivity index (χ0v) is 6.31. The van der Waals surface area contributed by atoms with Gasteiger partial charge in [0.05, 0.1) is 0 Å². The molecular formula is C4H12ClNS. The van der Waals surface area contributed by atoms with Gasteiger partial charge in [-0.25, -0.2) is 0 Å². The van der Waals surface area contributed by atoms with E-state index < -0.39 is 0 Å². The number of halogens is 1. The molecule has 0 spiro atoms. The molecule has 1 unspecified atom stereocenters. The van der Waals surface area contributed by atoms with E-state index in [9.17, 15) is 0 Å². The summed E-state index contributed by atoms with van der Waals surface area (Å²) in [4.78, 5) is 0. The second-order valence-corrected chi connectivity index (χ2v) is 2.56. The summed E-state index contributed by atoms with van der Waals surface area (Å²) in [6, 6.07) is 0. The fourth-order valence-electron chi connectivity index (χ4n) is 0.0962. The van der Waals surface area contributed by atoms with Gasteiger partial charge in [-0.05, 0) is 6.26 Å². The van der Waals surface area contributed by atoms with Crippen LogP contribution >= 0.6 is 24.2 Å². The maximum atomic E-state index is 5.26. The lowest BCUT2D eigenvalue weighted by Gasteiger charge is -1.98. The Hall–Kier alpha value is 0.600. The minimum absolute atomic E-state index is 0. The third-order valence-electron chi connectivity index (χ3n) is 0.734. The van der Waals surface area contributed by atoms with Crippen LogP contribution in [0.15, 0.2) is 0 Å². The van der Waals surface area contributed by atoms with E-state index >= 15 is 0 Å². The summed E-state index contributed by atoms with van der Waals surface area (Å²) in [5, 5.41) is 0.630. The van der Waals surface area contributed by atoms with Gasteiger partial charge in [-0.2, -0.15) is 11.8 Å². The highest BCUT2D eigenvalue weighted by Crippen LogP contribution is 2.00. The Kier molecular flexibility index (Phi) is 9.95. The van der Waals surface area contributed by atoms with E-state index in [-0.39, 0.29) is 12.4 Å². The van der Waals surface area contributed by atoms with Crippen molar-refractivity contribution in [1.82, 2.24) is 0 Å². The molecule has 0 bridgehead atoms. The standard InChI is InChI=1S/C4H11NS.ClH/c1-4(3-5)6-2;/h4H,3,5H2,1-2H3;1H. The Labute approximate surface area is 55.5 Å². The lowest BCUT2D eigenvalue weighted by atomic mass is 10.5. The van der Waals surface area contributed by atoms with Crippen LogP contribution in [0.4, 0.5) is 0 Å². The van der Waals surface area contributed by atoms with Gasteiger partial charge in [0.2, 0.25) is 0 Å². The van der Waals surface area contributed by atoms with Gasteiger partial charge >= 0.3 is 0 Å². The number of hydrogen-bond acceptors (Lipinski definition) is 2. The van der Waals surface area contributed by atoms with Crippen LogP contribution in [0, 0.1) is 0 Å². The molecule has 0 fully saturated rings. The predicted octanol–water partition coefficient (Wildman–Crippen LogP) is 1.12. The molecule has 0 radical (unpaired) electrons. The molecule has 46 valence electrons. The summed E-state index contributed by atoms with van der Waals surface area (Å²) in [5.41, 5.74) is 5.26. The van der Waals surface area contributed by atoms with E-state index in [1.807, 2.05) is 0 Å². The second kappa shape index (κ2) is 6.60. The molecule has 7 heavy (non-hydrogen) atoms. The normalized spacial score (nSPS) is 12.4. The van der Waals surface area contributed by atoms with Crippen molar-refractivity contribution in [2.45, 2.75) is 12.2 Å². The highest BCUT2D eigenvalue weighted by atomic mass is 35.5. The van der Waals surface area contributed by atoms with Crippen LogP contribution in [-0.4, -0.2) is 18.1 Å². The molecule has 0 aromatic carbocycles. The molecule has 0 rings (SSSR count). The van der Waals surface area contributed by atoms with Crippen molar-refractivity contribution < 1.29 is 0 Å². The molecule has 0 aliphatic carbocycles. The summed E-state index contributed by atoms with van der Waals surface area (Å²) in [6.45, 7) is 2.91. The van der Waals surface area contributed by atoms with Gasteiger partial charge in [0, 0.05) is 11.8 Å². The number of thioether (sulfide) groups is 1. The maximum absolute atomic E-state index is 5.26. The Balaban J connectivity index is 0. The third-order valence-corrected chi connectivity index (χ3v) is 1.73. The van der Waals surface area contributed by atoms with E-state index in [0.29, 0.717) is 5.25 Å². The summed E-state index contributed by atoms with van der Waals surface area (Å²) in [6.07, 6.45) is 2.07. The Morgan fingerprint density at radius 2 is 2.14 bits per heavy atom. The SMILES string of the molecule is CSC(C)CN.Cl. The van der Waals surface area contributed by atoms with Gasteiger partial charge in [-0.3, -0.25) is 0 Å². The Morgan fingerprint density at radius 3 is 2.14 bits per heavy atom. The molecule has 0 aromatic rings. The molecule has 3 heteroatoms. The smallest absolute Gasteiger partial charge is 0.0139 e. The van der Waals surface area contributed by atoms with Crippen LogP contribution in [0.3, 0.4) is 0 Å². The van der Waals surface area contributed by atoms with Crippen LogP contribution < -0.4 is 5.73 Å². The lowest BCUT2D eigenvalue weighted by Crippen LogP contribution is -2.11. The van der Waals surface area contributed by atoms with Gasteiger partial charge < -0.3 is 5.73 Å². The molecule has 0 heterocycles. The van der Waals surface area contributed by atoms with Crippen LogP contribution in [0.2, 0.25) is 0 Å². The first kappa shape index (κ1) is 10.6. The van der Waals surface area contributed by atoms with Crippen molar-refractivity contribution in [1.29, 1.82) is 0 Å². The maximum Gasteiger partial charge on any atom is 0.0139 e. The minimum Gasteiger partial charge on any atom is -0.329 e. The molecule has 0 aromatic heterocycles. The lowest BCUT2D eigenvalue weighted by molar-refractivity contribution is 0.955. The molecule has 0 saturated heterocycles. The van der Waals surface area contributed by atoms with Gasteiger partial charge in [0.25, 0.3) is 0 Å². The number of hydrogen-bond donors (Lipinski definition) is 1. The van der Waals surface area contributed by atoms with Crippen molar-refractivity contribution in [3.63, 3.8) is 0 Å². The molecule has 1 atom stereocenters. The summed E-state index contributed by atoms with van der Waals surface area (Å²) < 4.78 is 0. The van der Waals surface area contributed by atoms with Crippen molar-refractivity contribution in [3.8, 4) is 0 Å².